The smallest absolute Gasteiger partial charge is 0.259 e. The molecule has 5 rings (SSSR count). The lowest BCUT2D eigenvalue weighted by molar-refractivity contribution is -0.127. The Bertz CT molecular complexity index is 1280. The topological polar surface area (TPSA) is 101 Å². The molecule has 3 aromatic rings. The molecule has 192 valence electrons. The maximum atomic E-state index is 12.8. The lowest BCUT2D eigenvalue weighted by Crippen LogP contribution is -2.43. The molecule has 1 aromatic heterocycles. The highest BCUT2D eigenvalue weighted by molar-refractivity contribution is 6.30. The van der Waals surface area contributed by atoms with Crippen LogP contribution in [0.15, 0.2) is 76.2 Å². The standard InChI is InChI=1S/C27H28ClN5O4/c1-18-14-22(6-7-24(18)37-25-10-13-36-32-25)31-27-29-15-23(30-26(34)20-8-11-35-12-9-20)17-33(27)16-19-2-4-21(28)5-3-19/h2-7,10,13-15,20H,8-9,11-12,16-17H2,1H3,(H,29,31)(H,30,34). The van der Waals surface area contributed by atoms with Gasteiger partial charge in [0.05, 0.1) is 18.4 Å². The first kappa shape index (κ1) is 24.9. The zero-order chi connectivity index (χ0) is 25.6. The second kappa shape index (κ2) is 11.5. The fourth-order valence-electron chi connectivity index (χ4n) is 4.22. The van der Waals surface area contributed by atoms with Gasteiger partial charge in [0, 0.05) is 42.5 Å². The number of amides is 1. The molecule has 1 saturated heterocycles. The van der Waals surface area contributed by atoms with Gasteiger partial charge in [0.15, 0.2) is 0 Å². The highest BCUT2D eigenvalue weighted by Gasteiger charge is 2.25. The Morgan fingerprint density at radius 3 is 2.70 bits per heavy atom. The van der Waals surface area contributed by atoms with Crippen molar-refractivity contribution >= 4 is 29.2 Å². The van der Waals surface area contributed by atoms with Gasteiger partial charge in [-0.3, -0.25) is 4.79 Å². The number of aromatic nitrogens is 1. The molecule has 0 bridgehead atoms. The van der Waals surface area contributed by atoms with Crippen LogP contribution in [0, 0.1) is 12.8 Å². The van der Waals surface area contributed by atoms with Crippen LogP contribution in [0.3, 0.4) is 0 Å². The molecule has 2 aromatic carbocycles. The van der Waals surface area contributed by atoms with Crippen molar-refractivity contribution in [3.05, 3.63) is 82.8 Å². The SMILES string of the molecule is Cc1cc(NC2=NC=C(NC(=O)C3CCOCC3)CN2Cc2ccc(Cl)cc2)ccc1Oc1ccon1. The fraction of sp³-hybridized carbons (Fsp3) is 0.296. The number of hydrogen-bond donors (Lipinski definition) is 2. The Morgan fingerprint density at radius 1 is 1.16 bits per heavy atom. The summed E-state index contributed by atoms with van der Waals surface area (Å²) in [4.78, 5) is 19.5. The van der Waals surface area contributed by atoms with Crippen LogP contribution in [0.2, 0.25) is 5.02 Å². The van der Waals surface area contributed by atoms with E-state index in [1.165, 1.54) is 6.26 Å². The first-order valence-corrected chi connectivity index (χ1v) is 12.5. The lowest BCUT2D eigenvalue weighted by Gasteiger charge is -2.31. The highest BCUT2D eigenvalue weighted by atomic mass is 35.5. The summed E-state index contributed by atoms with van der Waals surface area (Å²) < 4.78 is 16.0. The maximum Gasteiger partial charge on any atom is 0.259 e. The summed E-state index contributed by atoms with van der Waals surface area (Å²) in [5, 5.41) is 11.0. The van der Waals surface area contributed by atoms with E-state index < -0.39 is 0 Å². The number of hydrogen-bond acceptors (Lipinski definition) is 8. The van der Waals surface area contributed by atoms with E-state index >= 15 is 0 Å². The molecule has 0 spiro atoms. The van der Waals surface area contributed by atoms with Crippen LogP contribution in [0.25, 0.3) is 0 Å². The number of nitrogens with zero attached hydrogens (tertiary/aromatic N) is 3. The molecule has 3 heterocycles. The minimum Gasteiger partial charge on any atom is -0.436 e. The number of ether oxygens (including phenoxy) is 2. The summed E-state index contributed by atoms with van der Waals surface area (Å²) in [7, 11) is 0. The molecular formula is C27H28ClN5O4. The monoisotopic (exact) mass is 521 g/mol. The van der Waals surface area contributed by atoms with E-state index in [0.717, 1.165) is 35.4 Å². The molecule has 0 saturated carbocycles. The van der Waals surface area contributed by atoms with Crippen molar-refractivity contribution in [2.45, 2.75) is 26.3 Å². The predicted molar refractivity (Wildman–Crippen MR) is 140 cm³/mol. The fourth-order valence-corrected chi connectivity index (χ4v) is 4.35. The van der Waals surface area contributed by atoms with E-state index in [0.29, 0.717) is 48.9 Å². The van der Waals surface area contributed by atoms with Crippen molar-refractivity contribution < 1.29 is 18.8 Å². The van der Waals surface area contributed by atoms with Crippen LogP contribution in [0.5, 0.6) is 11.6 Å². The minimum atomic E-state index is -0.0381. The molecule has 37 heavy (non-hydrogen) atoms. The second-order valence-electron chi connectivity index (χ2n) is 9.01. The number of benzene rings is 2. The average molecular weight is 522 g/mol. The van der Waals surface area contributed by atoms with Gasteiger partial charge in [0.2, 0.25) is 11.9 Å². The van der Waals surface area contributed by atoms with E-state index in [1.54, 1.807) is 12.3 Å². The molecule has 2 aliphatic heterocycles. The number of aliphatic imine (C=N–C) groups is 1. The van der Waals surface area contributed by atoms with E-state index in [4.69, 9.17) is 25.6 Å². The molecule has 10 heteroatoms. The number of nitrogens with one attached hydrogen (secondary N) is 2. The largest absolute Gasteiger partial charge is 0.436 e. The summed E-state index contributed by atoms with van der Waals surface area (Å²) in [6.07, 6.45) is 4.65. The van der Waals surface area contributed by atoms with Gasteiger partial charge in [0.25, 0.3) is 5.88 Å². The third-order valence-electron chi connectivity index (χ3n) is 6.23. The molecule has 0 radical (unpaired) electrons. The zero-order valence-electron chi connectivity index (χ0n) is 20.4. The second-order valence-corrected chi connectivity index (χ2v) is 9.45. The first-order valence-electron chi connectivity index (χ1n) is 12.1. The van der Waals surface area contributed by atoms with Crippen molar-refractivity contribution in [1.29, 1.82) is 0 Å². The number of aryl methyl sites for hydroxylation is 1. The Hall–Kier alpha value is -3.82. The lowest BCUT2D eigenvalue weighted by atomic mass is 9.99. The summed E-state index contributed by atoms with van der Waals surface area (Å²) in [6.45, 7) is 4.27. The van der Waals surface area contributed by atoms with Gasteiger partial charge in [0.1, 0.15) is 12.0 Å². The molecule has 0 unspecified atom stereocenters. The Balaban J connectivity index is 1.32. The molecule has 2 N–H and O–H groups in total. The van der Waals surface area contributed by atoms with Crippen LogP contribution in [0.1, 0.15) is 24.0 Å². The number of guanidine groups is 1. The van der Waals surface area contributed by atoms with Crippen LogP contribution in [-0.4, -0.2) is 41.7 Å². The summed E-state index contributed by atoms with van der Waals surface area (Å²) in [5.41, 5.74) is 3.61. The number of carbonyl (C=O) groups is 1. The minimum absolute atomic E-state index is 0.0194. The average Bonchev–Trinajstić information content (AvgIpc) is 3.42. The van der Waals surface area contributed by atoms with Crippen LogP contribution in [-0.2, 0) is 16.1 Å². The van der Waals surface area contributed by atoms with Crippen LogP contribution in [0.4, 0.5) is 5.69 Å². The van der Waals surface area contributed by atoms with Crippen LogP contribution >= 0.6 is 11.6 Å². The van der Waals surface area contributed by atoms with E-state index in [1.807, 2.05) is 49.4 Å². The van der Waals surface area contributed by atoms with Crippen LogP contribution < -0.4 is 15.4 Å². The number of carbonyl (C=O) groups excluding carboxylic acids is 1. The molecule has 2 aliphatic rings. The van der Waals surface area contributed by atoms with E-state index in [-0.39, 0.29) is 11.8 Å². The Morgan fingerprint density at radius 2 is 1.97 bits per heavy atom. The van der Waals surface area contributed by atoms with Crippen molar-refractivity contribution in [2.75, 3.05) is 25.1 Å². The van der Waals surface area contributed by atoms with Crippen molar-refractivity contribution in [2.24, 2.45) is 10.9 Å². The van der Waals surface area contributed by atoms with Crippen molar-refractivity contribution in [3.8, 4) is 11.6 Å². The predicted octanol–water partition coefficient (Wildman–Crippen LogP) is 5.10. The number of rotatable bonds is 7. The van der Waals surface area contributed by atoms with Crippen molar-refractivity contribution in [1.82, 2.24) is 15.4 Å². The number of anilines is 1. The van der Waals surface area contributed by atoms with E-state index in [9.17, 15) is 4.79 Å². The summed E-state index contributed by atoms with van der Waals surface area (Å²) in [5.74, 6) is 1.73. The summed E-state index contributed by atoms with van der Waals surface area (Å²) in [6, 6.07) is 15.1. The van der Waals surface area contributed by atoms with Gasteiger partial charge in [-0.2, -0.15) is 0 Å². The highest BCUT2D eigenvalue weighted by Crippen LogP contribution is 2.27. The zero-order valence-corrected chi connectivity index (χ0v) is 21.2. The van der Waals surface area contributed by atoms with Gasteiger partial charge < -0.3 is 29.5 Å². The third-order valence-corrected chi connectivity index (χ3v) is 6.48. The third kappa shape index (κ3) is 6.49. The Kier molecular flexibility index (Phi) is 7.72. The van der Waals surface area contributed by atoms with Gasteiger partial charge in [-0.05, 0) is 66.4 Å². The number of halogens is 1. The molecule has 0 atom stereocenters. The first-order chi connectivity index (χ1) is 18.0. The van der Waals surface area contributed by atoms with Gasteiger partial charge >= 0.3 is 0 Å². The quantitative estimate of drug-likeness (QED) is 0.446. The van der Waals surface area contributed by atoms with Crippen molar-refractivity contribution in [3.63, 3.8) is 0 Å². The molecule has 1 amide bonds. The van der Waals surface area contributed by atoms with Gasteiger partial charge in [-0.25, -0.2) is 4.99 Å². The van der Waals surface area contributed by atoms with Gasteiger partial charge in [-0.1, -0.05) is 23.7 Å². The maximum absolute atomic E-state index is 12.8. The molecular weight excluding hydrogens is 494 g/mol. The summed E-state index contributed by atoms with van der Waals surface area (Å²) >= 11 is 6.08. The molecule has 0 aliphatic carbocycles. The Labute approximate surface area is 220 Å². The molecule has 1 fully saturated rings. The normalized spacial score (nSPS) is 16.1. The van der Waals surface area contributed by atoms with Gasteiger partial charge in [-0.15, -0.1) is 0 Å². The van der Waals surface area contributed by atoms with E-state index in [2.05, 4.69) is 25.7 Å². The molecule has 9 nitrogen and oxygen atoms in total.